The van der Waals surface area contributed by atoms with Crippen LogP contribution in [0, 0.1) is 11.3 Å². The molecule has 2 aromatic rings. The predicted octanol–water partition coefficient (Wildman–Crippen LogP) is 2.16. The number of likely N-dealkylation sites (N-methyl/N-ethyl adjacent to an activating group) is 1. The number of esters is 1. The van der Waals surface area contributed by atoms with Crippen molar-refractivity contribution in [1.29, 1.82) is 5.26 Å². The Labute approximate surface area is 147 Å². The number of nitrogens with one attached hydrogen (secondary N) is 1. The van der Waals surface area contributed by atoms with Crippen LogP contribution in [0.5, 0.6) is 0 Å². The number of ether oxygens (including phenoxy) is 1. The summed E-state index contributed by atoms with van der Waals surface area (Å²) in [5.74, 6) is -1.36. The van der Waals surface area contributed by atoms with Gasteiger partial charge in [0.2, 0.25) is 0 Å². The van der Waals surface area contributed by atoms with Crippen molar-refractivity contribution < 1.29 is 9.53 Å². The first-order chi connectivity index (χ1) is 11.8. The maximum Gasteiger partial charge on any atom is 0.329 e. The van der Waals surface area contributed by atoms with Gasteiger partial charge in [-0.15, -0.1) is 0 Å². The van der Waals surface area contributed by atoms with E-state index in [-0.39, 0.29) is 11.2 Å². The number of rotatable bonds is 6. The molecule has 7 heteroatoms. The van der Waals surface area contributed by atoms with Crippen molar-refractivity contribution in [1.82, 2.24) is 14.9 Å². The highest BCUT2D eigenvalue weighted by Gasteiger charge is 2.28. The molecule has 7 nitrogen and oxygen atoms in total. The fourth-order valence-electron chi connectivity index (χ4n) is 2.15. The van der Waals surface area contributed by atoms with Gasteiger partial charge in [0.15, 0.2) is 11.7 Å². The summed E-state index contributed by atoms with van der Waals surface area (Å²) < 4.78 is 4.74. The Morgan fingerprint density at radius 1 is 1.32 bits per heavy atom. The van der Waals surface area contributed by atoms with Crippen LogP contribution in [0.1, 0.15) is 25.5 Å². The van der Waals surface area contributed by atoms with Crippen LogP contribution in [0.15, 0.2) is 24.3 Å². The molecule has 132 valence electrons. The van der Waals surface area contributed by atoms with E-state index in [0.29, 0.717) is 23.4 Å². The lowest BCUT2D eigenvalue weighted by atomic mass is 10.0. The number of carbonyl (C=O) groups is 1. The zero-order valence-electron chi connectivity index (χ0n) is 15.2. The number of hydrogen-bond donors (Lipinski definition) is 1. The lowest BCUT2D eigenvalue weighted by Crippen LogP contribution is -2.44. The molecule has 0 unspecified atom stereocenters. The van der Waals surface area contributed by atoms with Gasteiger partial charge in [0.25, 0.3) is 0 Å². The predicted molar refractivity (Wildman–Crippen MR) is 96.2 cm³/mol. The van der Waals surface area contributed by atoms with E-state index in [2.05, 4.69) is 34.0 Å². The molecule has 1 aromatic carbocycles. The molecule has 0 saturated heterocycles. The van der Waals surface area contributed by atoms with Gasteiger partial charge in [0.1, 0.15) is 5.69 Å². The average molecular weight is 341 g/mol. The molecule has 1 aromatic heterocycles. The third-order valence-electron chi connectivity index (χ3n) is 4.34. The fourth-order valence-corrected chi connectivity index (χ4v) is 2.15. The largest absolute Gasteiger partial charge is 0.468 e. The van der Waals surface area contributed by atoms with Crippen LogP contribution >= 0.6 is 0 Å². The summed E-state index contributed by atoms with van der Waals surface area (Å²) in [5.41, 5.74) is 1.44. The molecule has 0 aliphatic heterocycles. The SMILES string of the molecule is COC(=O)[C@H](C#N)c1nc2ccccc2nc1NCC(C)(C)N(C)C. The monoisotopic (exact) mass is 341 g/mol. The molecule has 0 fully saturated rings. The van der Waals surface area contributed by atoms with E-state index in [1.807, 2.05) is 38.4 Å². The van der Waals surface area contributed by atoms with E-state index >= 15 is 0 Å². The van der Waals surface area contributed by atoms with Gasteiger partial charge in [-0.05, 0) is 40.1 Å². The second-order valence-corrected chi connectivity index (χ2v) is 6.59. The maximum atomic E-state index is 12.0. The third-order valence-corrected chi connectivity index (χ3v) is 4.34. The van der Waals surface area contributed by atoms with Gasteiger partial charge in [0.05, 0.1) is 24.2 Å². The Hall–Kier alpha value is -2.72. The number of benzene rings is 1. The first-order valence-corrected chi connectivity index (χ1v) is 7.95. The van der Waals surface area contributed by atoms with Gasteiger partial charge in [0, 0.05) is 12.1 Å². The molecule has 0 saturated carbocycles. The summed E-state index contributed by atoms with van der Waals surface area (Å²) in [6.07, 6.45) is 0. The second kappa shape index (κ2) is 7.45. The van der Waals surface area contributed by atoms with Crippen LogP contribution < -0.4 is 5.32 Å². The lowest BCUT2D eigenvalue weighted by Gasteiger charge is -2.33. The van der Waals surface area contributed by atoms with E-state index in [0.717, 1.165) is 0 Å². The van der Waals surface area contributed by atoms with Crippen molar-refractivity contribution >= 4 is 22.8 Å². The first kappa shape index (κ1) is 18.6. The Morgan fingerprint density at radius 2 is 1.92 bits per heavy atom. The van der Waals surface area contributed by atoms with E-state index in [9.17, 15) is 10.1 Å². The molecule has 0 amide bonds. The first-order valence-electron chi connectivity index (χ1n) is 7.95. The van der Waals surface area contributed by atoms with Gasteiger partial charge in [-0.2, -0.15) is 5.26 Å². The molecule has 0 radical (unpaired) electrons. The van der Waals surface area contributed by atoms with Crippen LogP contribution in [0.3, 0.4) is 0 Å². The summed E-state index contributed by atoms with van der Waals surface area (Å²) in [6, 6.07) is 9.31. The maximum absolute atomic E-state index is 12.0. The van der Waals surface area contributed by atoms with Gasteiger partial charge in [-0.3, -0.25) is 4.79 Å². The smallest absolute Gasteiger partial charge is 0.329 e. The minimum atomic E-state index is -1.13. The molecule has 1 atom stereocenters. The molecule has 1 N–H and O–H groups in total. The molecule has 1 heterocycles. The Morgan fingerprint density at radius 3 is 2.44 bits per heavy atom. The zero-order chi connectivity index (χ0) is 18.6. The Balaban J connectivity index is 2.50. The zero-order valence-corrected chi connectivity index (χ0v) is 15.2. The van der Waals surface area contributed by atoms with E-state index in [1.54, 1.807) is 6.07 Å². The summed E-state index contributed by atoms with van der Waals surface area (Å²) in [5, 5.41) is 12.7. The van der Waals surface area contributed by atoms with E-state index in [1.165, 1.54) is 7.11 Å². The van der Waals surface area contributed by atoms with Crippen LogP contribution in [-0.2, 0) is 9.53 Å². The molecule has 2 rings (SSSR count). The summed E-state index contributed by atoms with van der Waals surface area (Å²) >= 11 is 0. The third kappa shape index (κ3) is 4.03. The van der Waals surface area contributed by atoms with Crippen LogP contribution in [0.4, 0.5) is 5.82 Å². The molecule has 0 aliphatic carbocycles. The topological polar surface area (TPSA) is 91.1 Å². The summed E-state index contributed by atoms with van der Waals surface area (Å²) in [4.78, 5) is 23.1. The van der Waals surface area contributed by atoms with Gasteiger partial charge in [-0.1, -0.05) is 12.1 Å². The number of methoxy groups -OCH3 is 1. The molecule has 0 spiro atoms. The quantitative estimate of drug-likeness (QED) is 0.805. The molecule has 0 bridgehead atoms. The van der Waals surface area contributed by atoms with Crippen LogP contribution in [0.2, 0.25) is 0 Å². The van der Waals surface area contributed by atoms with Crippen molar-refractivity contribution in [2.45, 2.75) is 25.3 Å². The minimum absolute atomic E-state index is 0.155. The Bertz CT molecular complexity index is 811. The van der Waals surface area contributed by atoms with Gasteiger partial charge in [-0.25, -0.2) is 9.97 Å². The number of hydrogen-bond acceptors (Lipinski definition) is 7. The molecular formula is C18H23N5O2. The molecular weight excluding hydrogens is 318 g/mol. The number of carbonyl (C=O) groups excluding carboxylic acids is 1. The fraction of sp³-hybridized carbons (Fsp3) is 0.444. The van der Waals surface area contributed by atoms with Crippen molar-refractivity contribution in [2.75, 3.05) is 33.1 Å². The highest BCUT2D eigenvalue weighted by atomic mass is 16.5. The van der Waals surface area contributed by atoms with Crippen molar-refractivity contribution in [3.05, 3.63) is 30.0 Å². The number of fused-ring (bicyclic) bond motifs is 1. The number of nitrogens with zero attached hydrogens (tertiary/aromatic N) is 4. The Kier molecular flexibility index (Phi) is 5.55. The molecule has 25 heavy (non-hydrogen) atoms. The number of aromatic nitrogens is 2. The van der Waals surface area contributed by atoms with Gasteiger partial charge >= 0.3 is 5.97 Å². The highest BCUT2D eigenvalue weighted by Crippen LogP contribution is 2.25. The van der Waals surface area contributed by atoms with Crippen molar-refractivity contribution in [3.63, 3.8) is 0 Å². The summed E-state index contributed by atoms with van der Waals surface area (Å²) in [7, 11) is 5.23. The van der Waals surface area contributed by atoms with Crippen LogP contribution in [-0.4, -0.2) is 54.1 Å². The van der Waals surface area contributed by atoms with Gasteiger partial charge < -0.3 is 15.0 Å². The normalized spacial score (nSPS) is 12.7. The second-order valence-electron chi connectivity index (χ2n) is 6.59. The van der Waals surface area contributed by atoms with E-state index < -0.39 is 11.9 Å². The van der Waals surface area contributed by atoms with E-state index in [4.69, 9.17) is 4.74 Å². The number of para-hydroxylation sites is 2. The van der Waals surface area contributed by atoms with Crippen molar-refractivity contribution in [3.8, 4) is 6.07 Å². The standard InChI is InChI=1S/C18H23N5O2/c1-18(2,23(3)4)11-20-16-15(12(10-19)17(24)25-5)21-13-8-6-7-9-14(13)22-16/h6-9,12H,11H2,1-5H3,(H,20,22)/t12-/m1/s1. The number of nitriles is 1. The molecule has 0 aliphatic rings. The van der Waals surface area contributed by atoms with Crippen LogP contribution in [0.25, 0.3) is 11.0 Å². The lowest BCUT2D eigenvalue weighted by molar-refractivity contribution is -0.141. The number of anilines is 1. The highest BCUT2D eigenvalue weighted by molar-refractivity contribution is 5.84. The van der Waals surface area contributed by atoms with Crippen molar-refractivity contribution in [2.24, 2.45) is 0 Å². The minimum Gasteiger partial charge on any atom is -0.468 e. The average Bonchev–Trinajstić information content (AvgIpc) is 2.60. The summed E-state index contributed by atoms with van der Waals surface area (Å²) in [6.45, 7) is 4.73.